The molecular formula is C13H25ClN2O2. The molecule has 0 radical (unpaired) electrons. The number of hydrogen-bond donors (Lipinski definition) is 1. The van der Waals surface area contributed by atoms with Gasteiger partial charge in [-0.3, -0.25) is 4.79 Å². The van der Waals surface area contributed by atoms with Crippen molar-refractivity contribution in [1.82, 2.24) is 4.90 Å². The van der Waals surface area contributed by atoms with Gasteiger partial charge in [-0.15, -0.1) is 12.4 Å². The molecular weight excluding hydrogens is 252 g/mol. The highest BCUT2D eigenvalue weighted by Gasteiger charge is 2.63. The topological polar surface area (TPSA) is 55.6 Å². The van der Waals surface area contributed by atoms with Gasteiger partial charge in [0.25, 0.3) is 0 Å². The molecule has 2 aliphatic rings. The van der Waals surface area contributed by atoms with Crippen LogP contribution in [0.25, 0.3) is 0 Å². The van der Waals surface area contributed by atoms with E-state index in [0.717, 1.165) is 25.9 Å². The number of nitrogens with two attached hydrogens (primary N) is 1. The predicted molar refractivity (Wildman–Crippen MR) is 73.8 cm³/mol. The van der Waals surface area contributed by atoms with Crippen LogP contribution >= 0.6 is 12.4 Å². The number of amides is 1. The molecule has 0 aromatic carbocycles. The van der Waals surface area contributed by atoms with Gasteiger partial charge in [-0.2, -0.15) is 0 Å². The van der Waals surface area contributed by atoms with E-state index in [4.69, 9.17) is 10.5 Å². The molecule has 2 N–H and O–H groups in total. The van der Waals surface area contributed by atoms with E-state index in [2.05, 4.69) is 0 Å². The first kappa shape index (κ1) is 15.7. The van der Waals surface area contributed by atoms with Gasteiger partial charge in [0.1, 0.15) is 5.54 Å². The standard InChI is InChI=1S/C13H24N2O2.ClH/c1-4-17-10-9-13(14,12(10,2)3)11(16)15-7-5-6-8-15;/h10H,4-9,14H2,1-3H3;1H. The highest BCUT2D eigenvalue weighted by atomic mass is 35.5. The van der Waals surface area contributed by atoms with Crippen LogP contribution in [0.4, 0.5) is 0 Å². The summed E-state index contributed by atoms with van der Waals surface area (Å²) in [4.78, 5) is 14.4. The zero-order valence-electron chi connectivity index (χ0n) is 11.6. The predicted octanol–water partition coefficient (Wildman–Crippen LogP) is 1.56. The monoisotopic (exact) mass is 276 g/mol. The Morgan fingerprint density at radius 2 is 1.94 bits per heavy atom. The first-order valence-electron chi connectivity index (χ1n) is 6.63. The maximum atomic E-state index is 12.5. The highest BCUT2D eigenvalue weighted by molar-refractivity contribution is 5.89. The van der Waals surface area contributed by atoms with E-state index in [1.807, 2.05) is 25.7 Å². The van der Waals surface area contributed by atoms with Gasteiger partial charge in [-0.25, -0.2) is 0 Å². The third kappa shape index (κ3) is 2.15. The van der Waals surface area contributed by atoms with Crippen LogP contribution in [0.1, 0.15) is 40.0 Å². The van der Waals surface area contributed by atoms with E-state index in [-0.39, 0.29) is 29.8 Å². The van der Waals surface area contributed by atoms with Gasteiger partial charge in [0, 0.05) is 31.5 Å². The molecule has 1 amide bonds. The minimum atomic E-state index is -0.725. The van der Waals surface area contributed by atoms with Crippen molar-refractivity contribution < 1.29 is 9.53 Å². The van der Waals surface area contributed by atoms with Gasteiger partial charge in [0.15, 0.2) is 0 Å². The molecule has 1 aliphatic heterocycles. The van der Waals surface area contributed by atoms with E-state index < -0.39 is 5.54 Å². The molecule has 0 aromatic heterocycles. The summed E-state index contributed by atoms with van der Waals surface area (Å²) in [6.07, 6.45) is 2.99. The lowest BCUT2D eigenvalue weighted by atomic mass is 9.54. The summed E-state index contributed by atoms with van der Waals surface area (Å²) in [6, 6.07) is 0. The number of halogens is 1. The summed E-state index contributed by atoms with van der Waals surface area (Å²) in [5.41, 5.74) is 5.37. The van der Waals surface area contributed by atoms with Crippen molar-refractivity contribution >= 4 is 18.3 Å². The Morgan fingerprint density at radius 1 is 1.39 bits per heavy atom. The van der Waals surface area contributed by atoms with Crippen LogP contribution in [-0.2, 0) is 9.53 Å². The Hall–Kier alpha value is -0.320. The second-order valence-corrected chi connectivity index (χ2v) is 5.84. The van der Waals surface area contributed by atoms with Crippen LogP contribution in [0.5, 0.6) is 0 Å². The second kappa shape index (κ2) is 5.35. The fourth-order valence-electron chi connectivity index (χ4n) is 3.00. The van der Waals surface area contributed by atoms with Crippen molar-refractivity contribution in [2.24, 2.45) is 11.1 Å². The molecule has 106 valence electrons. The van der Waals surface area contributed by atoms with E-state index >= 15 is 0 Å². The van der Waals surface area contributed by atoms with Crippen molar-refractivity contribution in [2.45, 2.75) is 51.7 Å². The summed E-state index contributed by atoms with van der Waals surface area (Å²) in [5, 5.41) is 0. The molecule has 1 heterocycles. The van der Waals surface area contributed by atoms with Crippen molar-refractivity contribution in [3.8, 4) is 0 Å². The molecule has 2 fully saturated rings. The van der Waals surface area contributed by atoms with E-state index in [1.165, 1.54) is 0 Å². The maximum absolute atomic E-state index is 12.5. The summed E-state index contributed by atoms with van der Waals surface area (Å²) in [5.74, 6) is 0.121. The summed E-state index contributed by atoms with van der Waals surface area (Å²) < 4.78 is 5.65. The van der Waals surface area contributed by atoms with Crippen molar-refractivity contribution in [1.29, 1.82) is 0 Å². The molecule has 0 bridgehead atoms. The molecule has 1 aliphatic carbocycles. The number of ether oxygens (including phenoxy) is 1. The number of nitrogens with zero attached hydrogens (tertiary/aromatic N) is 1. The van der Waals surface area contributed by atoms with E-state index in [0.29, 0.717) is 13.0 Å². The quantitative estimate of drug-likeness (QED) is 0.851. The molecule has 1 saturated heterocycles. The highest BCUT2D eigenvalue weighted by Crippen LogP contribution is 2.50. The molecule has 0 spiro atoms. The average Bonchev–Trinajstić information content (AvgIpc) is 2.80. The Balaban J connectivity index is 0.00000162. The molecule has 1 saturated carbocycles. The zero-order chi connectivity index (χ0) is 12.7. The van der Waals surface area contributed by atoms with Gasteiger partial charge in [0.2, 0.25) is 5.91 Å². The van der Waals surface area contributed by atoms with Crippen LogP contribution < -0.4 is 5.73 Å². The Kier molecular flexibility index (Phi) is 4.68. The van der Waals surface area contributed by atoms with Crippen LogP contribution in [-0.4, -0.2) is 42.1 Å². The number of hydrogen-bond acceptors (Lipinski definition) is 3. The van der Waals surface area contributed by atoms with E-state index in [9.17, 15) is 4.79 Å². The number of rotatable bonds is 3. The van der Waals surface area contributed by atoms with Crippen molar-refractivity contribution in [3.05, 3.63) is 0 Å². The third-order valence-electron chi connectivity index (χ3n) is 4.60. The Labute approximate surface area is 116 Å². The van der Waals surface area contributed by atoms with Gasteiger partial charge < -0.3 is 15.4 Å². The molecule has 2 unspecified atom stereocenters. The SMILES string of the molecule is CCOC1CC(N)(C(=O)N2CCCC2)C1(C)C.Cl. The van der Waals surface area contributed by atoms with Gasteiger partial charge in [-0.05, 0) is 19.8 Å². The summed E-state index contributed by atoms with van der Waals surface area (Å²) >= 11 is 0. The smallest absolute Gasteiger partial charge is 0.243 e. The number of carbonyl (C=O) groups excluding carboxylic acids is 1. The molecule has 2 rings (SSSR count). The first-order valence-corrected chi connectivity index (χ1v) is 6.63. The molecule has 0 aromatic rings. The summed E-state index contributed by atoms with van der Waals surface area (Å²) in [6.45, 7) is 8.49. The van der Waals surface area contributed by atoms with E-state index in [1.54, 1.807) is 0 Å². The minimum Gasteiger partial charge on any atom is -0.378 e. The molecule has 2 atom stereocenters. The maximum Gasteiger partial charge on any atom is 0.243 e. The van der Waals surface area contributed by atoms with Gasteiger partial charge in [0.05, 0.1) is 6.10 Å². The van der Waals surface area contributed by atoms with Crippen LogP contribution in [0.3, 0.4) is 0 Å². The number of carbonyl (C=O) groups is 1. The molecule has 4 nitrogen and oxygen atoms in total. The lowest BCUT2D eigenvalue weighted by molar-refractivity contribution is -0.178. The van der Waals surface area contributed by atoms with Crippen molar-refractivity contribution in [3.63, 3.8) is 0 Å². The molecule has 5 heteroatoms. The van der Waals surface area contributed by atoms with Gasteiger partial charge in [-0.1, -0.05) is 13.8 Å². The lowest BCUT2D eigenvalue weighted by Gasteiger charge is -2.58. The average molecular weight is 277 g/mol. The zero-order valence-corrected chi connectivity index (χ0v) is 12.4. The number of likely N-dealkylation sites (tertiary alicyclic amines) is 1. The Bertz CT molecular complexity index is 316. The normalized spacial score (nSPS) is 33.8. The minimum absolute atomic E-state index is 0. The lowest BCUT2D eigenvalue weighted by Crippen LogP contribution is -2.75. The fraction of sp³-hybridized carbons (Fsp3) is 0.923. The van der Waals surface area contributed by atoms with Gasteiger partial charge >= 0.3 is 0 Å². The van der Waals surface area contributed by atoms with Crippen LogP contribution in [0.2, 0.25) is 0 Å². The largest absolute Gasteiger partial charge is 0.378 e. The third-order valence-corrected chi connectivity index (χ3v) is 4.60. The second-order valence-electron chi connectivity index (χ2n) is 5.84. The fourth-order valence-corrected chi connectivity index (χ4v) is 3.00. The van der Waals surface area contributed by atoms with Crippen LogP contribution in [0.15, 0.2) is 0 Å². The Morgan fingerprint density at radius 3 is 2.39 bits per heavy atom. The summed E-state index contributed by atoms with van der Waals surface area (Å²) in [7, 11) is 0. The van der Waals surface area contributed by atoms with Crippen molar-refractivity contribution in [2.75, 3.05) is 19.7 Å². The van der Waals surface area contributed by atoms with Crippen LogP contribution in [0, 0.1) is 5.41 Å². The molecule has 18 heavy (non-hydrogen) atoms. The first-order chi connectivity index (χ1) is 7.93.